The average molecular weight is 455 g/mol. The molecule has 3 aromatic rings. The van der Waals surface area contributed by atoms with Crippen molar-refractivity contribution in [1.82, 2.24) is 5.32 Å². The van der Waals surface area contributed by atoms with Crippen LogP contribution in [-0.4, -0.2) is 20.1 Å². The molecule has 1 aliphatic carbocycles. The number of ether oxygens (including phenoxy) is 3. The molecular weight excluding hydrogens is 428 g/mol. The fraction of sp³-hybridized carbons (Fsp3) is 0.240. The van der Waals surface area contributed by atoms with Crippen LogP contribution in [0.4, 0.5) is 0 Å². The van der Waals surface area contributed by atoms with E-state index in [-0.39, 0.29) is 24.4 Å². The molecule has 4 rings (SSSR count). The van der Waals surface area contributed by atoms with Crippen LogP contribution in [0.5, 0.6) is 23.0 Å². The molecule has 1 amide bonds. The monoisotopic (exact) mass is 454 g/mol. The molecule has 0 aliphatic heterocycles. The third-order valence-corrected chi connectivity index (χ3v) is 5.57. The van der Waals surface area contributed by atoms with E-state index in [2.05, 4.69) is 17.4 Å². The molecule has 1 aliphatic rings. The third kappa shape index (κ3) is 4.82. The minimum Gasteiger partial charge on any atom is -0.496 e. The summed E-state index contributed by atoms with van der Waals surface area (Å²) in [6.07, 6.45) is 1.87. The lowest BCUT2D eigenvalue weighted by Crippen LogP contribution is -2.27. The summed E-state index contributed by atoms with van der Waals surface area (Å²) in [5.74, 6) is 2.04. The van der Waals surface area contributed by atoms with Gasteiger partial charge in [0.15, 0.2) is 11.5 Å². The van der Waals surface area contributed by atoms with Gasteiger partial charge in [0.1, 0.15) is 11.5 Å². The van der Waals surface area contributed by atoms with E-state index in [1.54, 1.807) is 38.5 Å². The first-order chi connectivity index (χ1) is 15.1. The molecule has 1 atom stereocenters. The molecule has 0 fully saturated rings. The number of aryl methyl sites for hydroxylation is 1. The van der Waals surface area contributed by atoms with Crippen molar-refractivity contribution in [2.75, 3.05) is 14.2 Å². The SMILES string of the molecule is COc1cc(Oc2cc(C(=O)N[C@@H]3CCc4ccccc43)ccc2OC)ccc1CN.Cl. The second-order valence-electron chi connectivity index (χ2n) is 7.41. The van der Waals surface area contributed by atoms with Gasteiger partial charge in [-0.05, 0) is 48.2 Å². The highest BCUT2D eigenvalue weighted by molar-refractivity contribution is 5.95. The number of benzene rings is 3. The number of hydrogen-bond acceptors (Lipinski definition) is 5. The first-order valence-electron chi connectivity index (χ1n) is 10.2. The van der Waals surface area contributed by atoms with Crippen molar-refractivity contribution >= 4 is 18.3 Å². The number of methoxy groups -OCH3 is 2. The van der Waals surface area contributed by atoms with Gasteiger partial charge in [-0.2, -0.15) is 0 Å². The van der Waals surface area contributed by atoms with Crippen LogP contribution in [0.15, 0.2) is 60.7 Å². The molecule has 0 aromatic heterocycles. The topological polar surface area (TPSA) is 82.8 Å². The highest BCUT2D eigenvalue weighted by atomic mass is 35.5. The van der Waals surface area contributed by atoms with E-state index in [0.717, 1.165) is 18.4 Å². The Morgan fingerprint density at radius 1 is 1.00 bits per heavy atom. The predicted molar refractivity (Wildman–Crippen MR) is 126 cm³/mol. The zero-order valence-electron chi connectivity index (χ0n) is 18.1. The molecule has 0 saturated heterocycles. The molecule has 0 saturated carbocycles. The van der Waals surface area contributed by atoms with Crippen LogP contribution in [0.25, 0.3) is 0 Å². The van der Waals surface area contributed by atoms with Crippen LogP contribution >= 0.6 is 12.4 Å². The van der Waals surface area contributed by atoms with Crippen LogP contribution < -0.4 is 25.3 Å². The molecule has 6 nitrogen and oxygen atoms in total. The Kier molecular flexibility index (Phi) is 7.62. The maximum Gasteiger partial charge on any atom is 0.251 e. The number of nitrogens with one attached hydrogen (secondary N) is 1. The molecule has 3 N–H and O–H groups in total. The number of halogens is 1. The van der Waals surface area contributed by atoms with Crippen LogP contribution in [-0.2, 0) is 13.0 Å². The van der Waals surface area contributed by atoms with Crippen molar-refractivity contribution in [2.24, 2.45) is 5.73 Å². The van der Waals surface area contributed by atoms with Gasteiger partial charge in [0, 0.05) is 23.7 Å². The zero-order valence-corrected chi connectivity index (χ0v) is 18.9. The van der Waals surface area contributed by atoms with Crippen molar-refractivity contribution in [2.45, 2.75) is 25.4 Å². The largest absolute Gasteiger partial charge is 0.496 e. The summed E-state index contributed by atoms with van der Waals surface area (Å²) in [7, 11) is 3.15. The van der Waals surface area contributed by atoms with Gasteiger partial charge in [-0.3, -0.25) is 4.79 Å². The van der Waals surface area contributed by atoms with E-state index >= 15 is 0 Å². The van der Waals surface area contributed by atoms with Crippen LogP contribution in [0.3, 0.4) is 0 Å². The Bertz CT molecular complexity index is 1100. The minimum atomic E-state index is -0.148. The molecule has 0 spiro atoms. The molecule has 3 aromatic carbocycles. The standard InChI is InChI=1S/C25H26N2O4.ClH/c1-29-22-12-9-17(25(28)27-21-11-8-16-5-3-4-6-20(16)21)13-24(22)31-19-10-7-18(15-26)23(14-19)30-2;/h3-7,9-10,12-14,21H,8,11,15,26H2,1-2H3,(H,27,28);1H/t21-;/m1./s1. The zero-order chi connectivity index (χ0) is 21.8. The van der Waals surface area contributed by atoms with E-state index in [1.165, 1.54) is 11.1 Å². The maximum atomic E-state index is 13.0. The van der Waals surface area contributed by atoms with Crippen molar-refractivity contribution in [3.8, 4) is 23.0 Å². The second-order valence-corrected chi connectivity index (χ2v) is 7.41. The number of hydrogen-bond donors (Lipinski definition) is 2. The Morgan fingerprint density at radius 2 is 1.78 bits per heavy atom. The summed E-state index contributed by atoms with van der Waals surface area (Å²) in [6.45, 7) is 0.368. The summed E-state index contributed by atoms with van der Waals surface area (Å²) in [5.41, 5.74) is 9.61. The van der Waals surface area contributed by atoms with Gasteiger partial charge in [0.25, 0.3) is 5.91 Å². The summed E-state index contributed by atoms with van der Waals surface area (Å²) in [4.78, 5) is 13.0. The fourth-order valence-electron chi connectivity index (χ4n) is 3.93. The highest BCUT2D eigenvalue weighted by Crippen LogP contribution is 2.35. The van der Waals surface area contributed by atoms with Crippen molar-refractivity contribution in [3.63, 3.8) is 0 Å². The molecular formula is C25H27ClN2O4. The van der Waals surface area contributed by atoms with Gasteiger partial charge >= 0.3 is 0 Å². The average Bonchev–Trinajstić information content (AvgIpc) is 3.21. The Balaban J connectivity index is 0.00000289. The third-order valence-electron chi connectivity index (χ3n) is 5.57. The van der Waals surface area contributed by atoms with Crippen LogP contribution in [0.2, 0.25) is 0 Å². The molecule has 168 valence electrons. The predicted octanol–water partition coefficient (Wildman–Crippen LogP) is 4.79. The van der Waals surface area contributed by atoms with Crippen molar-refractivity contribution in [3.05, 3.63) is 82.9 Å². The lowest BCUT2D eigenvalue weighted by Gasteiger charge is -2.16. The number of fused-ring (bicyclic) bond motifs is 1. The lowest BCUT2D eigenvalue weighted by atomic mass is 10.1. The first-order valence-corrected chi connectivity index (χ1v) is 10.2. The number of rotatable bonds is 7. The molecule has 0 unspecified atom stereocenters. The summed E-state index contributed by atoms with van der Waals surface area (Å²) in [5, 5.41) is 3.14. The number of nitrogens with two attached hydrogens (primary N) is 1. The lowest BCUT2D eigenvalue weighted by molar-refractivity contribution is 0.0936. The van der Waals surface area contributed by atoms with Gasteiger partial charge in [0.05, 0.1) is 20.3 Å². The van der Waals surface area contributed by atoms with Gasteiger partial charge in [0.2, 0.25) is 0 Å². The van der Waals surface area contributed by atoms with E-state index in [1.807, 2.05) is 24.3 Å². The molecule has 0 heterocycles. The van der Waals surface area contributed by atoms with E-state index in [0.29, 0.717) is 35.1 Å². The van der Waals surface area contributed by atoms with Crippen molar-refractivity contribution < 1.29 is 19.0 Å². The fourth-order valence-corrected chi connectivity index (χ4v) is 3.93. The summed E-state index contributed by atoms with van der Waals surface area (Å²) < 4.78 is 16.8. The first kappa shape index (κ1) is 23.4. The van der Waals surface area contributed by atoms with Gasteiger partial charge in [-0.25, -0.2) is 0 Å². The van der Waals surface area contributed by atoms with Gasteiger partial charge in [-0.15, -0.1) is 12.4 Å². The number of amides is 1. The normalized spacial score (nSPS) is 14.2. The second kappa shape index (κ2) is 10.4. The van der Waals surface area contributed by atoms with Crippen LogP contribution in [0, 0.1) is 0 Å². The molecule has 0 bridgehead atoms. The van der Waals surface area contributed by atoms with E-state index in [9.17, 15) is 4.79 Å². The van der Waals surface area contributed by atoms with Gasteiger partial charge < -0.3 is 25.3 Å². The highest BCUT2D eigenvalue weighted by Gasteiger charge is 2.24. The number of carbonyl (C=O) groups is 1. The van der Waals surface area contributed by atoms with Crippen LogP contribution in [0.1, 0.15) is 39.5 Å². The minimum absolute atomic E-state index is 0. The molecule has 0 radical (unpaired) electrons. The molecule has 32 heavy (non-hydrogen) atoms. The molecule has 7 heteroatoms. The maximum absolute atomic E-state index is 13.0. The Morgan fingerprint density at radius 3 is 2.53 bits per heavy atom. The number of carbonyl (C=O) groups excluding carboxylic acids is 1. The quantitative estimate of drug-likeness (QED) is 0.536. The Labute approximate surface area is 194 Å². The summed E-state index contributed by atoms with van der Waals surface area (Å²) >= 11 is 0. The van der Waals surface area contributed by atoms with E-state index in [4.69, 9.17) is 19.9 Å². The van der Waals surface area contributed by atoms with Crippen molar-refractivity contribution in [1.29, 1.82) is 0 Å². The Hall–Kier alpha value is -3.22. The smallest absolute Gasteiger partial charge is 0.251 e. The van der Waals surface area contributed by atoms with E-state index < -0.39 is 0 Å². The van der Waals surface area contributed by atoms with Gasteiger partial charge in [-0.1, -0.05) is 30.3 Å². The summed E-state index contributed by atoms with van der Waals surface area (Å²) in [6, 6.07) is 18.8.